The molecule has 0 saturated heterocycles. The Kier molecular flexibility index (Phi) is 14.6. The molecule has 68 heavy (non-hydrogen) atoms. The maximum Gasteiger partial charge on any atom is 0.124 e. The van der Waals surface area contributed by atoms with Crippen molar-refractivity contribution in [2.75, 3.05) is 0 Å². The SMILES string of the molecule is Oc1ccc2ccccc2c1-c1c(O)ccc2ccccc12.Oc1ccc2ccccc2c1-c1c(O)ccc2ccccc12.Oc1ccc2ccccc2c1-c1c(O)ccc2ccccc12.[La].[La]. The van der Waals surface area contributed by atoms with Crippen molar-refractivity contribution in [1.29, 1.82) is 0 Å². The second-order valence-corrected chi connectivity index (χ2v) is 16.1. The van der Waals surface area contributed by atoms with Crippen LogP contribution < -0.4 is 0 Å². The molecule has 0 fully saturated rings. The Bertz CT molecular complexity index is 3170. The van der Waals surface area contributed by atoms with E-state index in [1.165, 1.54) is 0 Å². The van der Waals surface area contributed by atoms with Gasteiger partial charge in [0.25, 0.3) is 0 Å². The molecule has 0 aliphatic rings. The van der Waals surface area contributed by atoms with E-state index < -0.39 is 0 Å². The van der Waals surface area contributed by atoms with E-state index >= 15 is 0 Å². The molecule has 0 aromatic heterocycles. The van der Waals surface area contributed by atoms with Gasteiger partial charge in [-0.1, -0.05) is 182 Å². The van der Waals surface area contributed by atoms with E-state index in [1.807, 2.05) is 182 Å². The summed E-state index contributed by atoms with van der Waals surface area (Å²) in [4.78, 5) is 0. The van der Waals surface area contributed by atoms with Gasteiger partial charge in [-0.25, -0.2) is 0 Å². The van der Waals surface area contributed by atoms with Crippen LogP contribution in [0.3, 0.4) is 0 Å². The van der Waals surface area contributed by atoms with Crippen molar-refractivity contribution < 1.29 is 102 Å². The van der Waals surface area contributed by atoms with Gasteiger partial charge in [-0.15, -0.1) is 0 Å². The van der Waals surface area contributed by atoms with Crippen molar-refractivity contribution in [3.63, 3.8) is 0 Å². The second kappa shape index (κ2) is 20.7. The topological polar surface area (TPSA) is 121 Å². The molecule has 0 aliphatic heterocycles. The second-order valence-electron chi connectivity index (χ2n) is 16.1. The van der Waals surface area contributed by atoms with Crippen LogP contribution in [-0.4, -0.2) is 30.6 Å². The van der Waals surface area contributed by atoms with Crippen LogP contribution in [0.4, 0.5) is 0 Å². The molecule has 12 aromatic rings. The number of phenolic OH excluding ortho intramolecular Hbond substituents is 6. The first-order valence-electron chi connectivity index (χ1n) is 21.5. The summed E-state index contributed by atoms with van der Waals surface area (Å²) < 4.78 is 0. The molecule has 12 rings (SSSR count). The zero-order valence-corrected chi connectivity index (χ0v) is 43.9. The summed E-state index contributed by atoms with van der Waals surface area (Å²) in [5, 5.41) is 74.3. The standard InChI is InChI=1S/3C20H14O2.2La/c3*21-17-11-9-13-5-1-3-7-15(13)19(17)20-16-8-4-2-6-14(16)10-12-18(20)22;;/h3*1-12,21-22H;;. The predicted octanol–water partition coefficient (Wildman–Crippen LogP) is 15.2. The minimum Gasteiger partial charge on any atom is -0.507 e. The molecule has 2 radical (unpaired) electrons. The van der Waals surface area contributed by atoms with E-state index in [0.29, 0.717) is 33.4 Å². The van der Waals surface area contributed by atoms with Gasteiger partial charge in [0.2, 0.25) is 0 Å². The van der Waals surface area contributed by atoms with E-state index in [0.717, 1.165) is 64.6 Å². The van der Waals surface area contributed by atoms with Crippen molar-refractivity contribution in [2.45, 2.75) is 0 Å². The van der Waals surface area contributed by atoms with E-state index in [-0.39, 0.29) is 106 Å². The first kappa shape index (κ1) is 47.9. The first-order chi connectivity index (χ1) is 32.3. The minimum absolute atomic E-state index is 0. The Hall–Kier alpha value is -6.61. The molecule has 12 aromatic carbocycles. The maximum absolute atomic E-state index is 10.4. The Morgan fingerprint density at radius 2 is 0.294 bits per heavy atom. The molecule has 0 spiro atoms. The molecule has 0 saturated carbocycles. The molecule has 0 heterocycles. The van der Waals surface area contributed by atoms with Crippen molar-refractivity contribution in [2.24, 2.45) is 0 Å². The number of phenols is 6. The van der Waals surface area contributed by atoms with Crippen molar-refractivity contribution in [3.8, 4) is 67.9 Å². The van der Waals surface area contributed by atoms with Crippen molar-refractivity contribution in [1.82, 2.24) is 0 Å². The first-order valence-corrected chi connectivity index (χ1v) is 21.5. The normalized spacial score (nSPS) is 10.8. The van der Waals surface area contributed by atoms with Crippen LogP contribution in [0.5, 0.6) is 34.5 Å². The van der Waals surface area contributed by atoms with Gasteiger partial charge < -0.3 is 30.6 Å². The third-order valence-corrected chi connectivity index (χ3v) is 12.2. The Morgan fingerprint density at radius 3 is 0.441 bits per heavy atom. The third-order valence-electron chi connectivity index (χ3n) is 12.2. The number of hydrogen-bond donors (Lipinski definition) is 6. The van der Waals surface area contributed by atoms with Crippen molar-refractivity contribution in [3.05, 3.63) is 218 Å². The fraction of sp³-hybridized carbons (Fsp3) is 0. The van der Waals surface area contributed by atoms with E-state index in [2.05, 4.69) is 0 Å². The molecule has 6 N–H and O–H groups in total. The summed E-state index contributed by atoms with van der Waals surface area (Å²) in [6, 6.07) is 68.6. The largest absolute Gasteiger partial charge is 0.507 e. The smallest absolute Gasteiger partial charge is 0.124 e. The van der Waals surface area contributed by atoms with Gasteiger partial charge in [0.15, 0.2) is 0 Å². The van der Waals surface area contributed by atoms with Gasteiger partial charge in [0.1, 0.15) is 34.5 Å². The molecule has 0 atom stereocenters. The van der Waals surface area contributed by atoms with Crippen LogP contribution in [0.15, 0.2) is 218 Å². The quantitative estimate of drug-likeness (QED) is 0.105. The maximum atomic E-state index is 10.4. The van der Waals surface area contributed by atoms with Gasteiger partial charge in [-0.2, -0.15) is 0 Å². The number of rotatable bonds is 3. The average Bonchev–Trinajstić information content (AvgIpc) is 3.35. The fourth-order valence-corrected chi connectivity index (χ4v) is 9.14. The van der Waals surface area contributed by atoms with Gasteiger partial charge in [-0.05, 0) is 101 Å². The van der Waals surface area contributed by atoms with Crippen LogP contribution in [0, 0.1) is 71.2 Å². The van der Waals surface area contributed by atoms with Crippen LogP contribution in [0.1, 0.15) is 0 Å². The van der Waals surface area contributed by atoms with Gasteiger partial charge in [0, 0.05) is 105 Å². The van der Waals surface area contributed by atoms with Gasteiger partial charge in [0.05, 0.1) is 0 Å². The summed E-state index contributed by atoms with van der Waals surface area (Å²) in [5.41, 5.74) is 4.04. The molecule has 0 bridgehead atoms. The van der Waals surface area contributed by atoms with Gasteiger partial charge >= 0.3 is 0 Å². The third kappa shape index (κ3) is 9.07. The Balaban J connectivity index is 0.000000136. The van der Waals surface area contributed by atoms with Crippen LogP contribution in [-0.2, 0) is 0 Å². The summed E-state index contributed by atoms with van der Waals surface area (Å²) in [5.74, 6) is 1.03. The molecule has 0 unspecified atom stereocenters. The number of fused-ring (bicyclic) bond motifs is 6. The number of benzene rings is 12. The zero-order valence-electron chi connectivity index (χ0n) is 36.6. The van der Waals surface area contributed by atoms with Crippen molar-refractivity contribution >= 4 is 64.6 Å². The molecule has 6 nitrogen and oxygen atoms in total. The van der Waals surface area contributed by atoms with Crippen LogP contribution >= 0.6 is 0 Å². The Labute approximate surface area is 448 Å². The summed E-state index contributed by atoms with van der Waals surface area (Å²) in [6.07, 6.45) is 0. The summed E-state index contributed by atoms with van der Waals surface area (Å²) in [6.45, 7) is 0. The fourth-order valence-electron chi connectivity index (χ4n) is 9.14. The molecule has 8 heteroatoms. The molecule has 0 aliphatic carbocycles. The molecule has 324 valence electrons. The molecular weight excluding hydrogens is 1090 g/mol. The molecular formula is C60H42La2O6. The average molecular weight is 1140 g/mol. The number of hydrogen-bond acceptors (Lipinski definition) is 6. The molecule has 0 amide bonds. The minimum atomic E-state index is 0. The summed E-state index contributed by atoms with van der Waals surface area (Å²) in [7, 11) is 0. The van der Waals surface area contributed by atoms with E-state index in [4.69, 9.17) is 0 Å². The summed E-state index contributed by atoms with van der Waals surface area (Å²) >= 11 is 0. The predicted molar refractivity (Wildman–Crippen MR) is 271 cm³/mol. The van der Waals surface area contributed by atoms with E-state index in [9.17, 15) is 30.6 Å². The zero-order chi connectivity index (χ0) is 45.3. The van der Waals surface area contributed by atoms with Crippen LogP contribution in [0.2, 0.25) is 0 Å². The van der Waals surface area contributed by atoms with E-state index in [1.54, 1.807) is 36.4 Å². The monoisotopic (exact) mass is 1140 g/mol. The Morgan fingerprint density at radius 1 is 0.162 bits per heavy atom. The van der Waals surface area contributed by atoms with Gasteiger partial charge in [-0.3, -0.25) is 0 Å². The van der Waals surface area contributed by atoms with Crippen LogP contribution in [0.25, 0.3) is 98.0 Å². The number of aromatic hydroxyl groups is 6.